The molecule has 0 saturated heterocycles. The van der Waals surface area contributed by atoms with E-state index in [2.05, 4.69) is 4.72 Å². The van der Waals surface area contributed by atoms with E-state index in [1.807, 2.05) is 13.8 Å². The molecule has 2 aromatic rings. The monoisotopic (exact) mass is 458 g/mol. The van der Waals surface area contributed by atoms with Crippen LogP contribution in [-0.4, -0.2) is 50.3 Å². The lowest BCUT2D eigenvalue weighted by atomic mass is 10.1. The first-order chi connectivity index (χ1) is 15.0. The summed E-state index contributed by atoms with van der Waals surface area (Å²) in [6.45, 7) is 6.72. The Balaban J connectivity index is 1.64. The maximum absolute atomic E-state index is 12.8. The maximum atomic E-state index is 12.8. The Morgan fingerprint density at radius 3 is 2.12 bits per heavy atom. The highest BCUT2D eigenvalue weighted by Gasteiger charge is 2.35. The molecule has 32 heavy (non-hydrogen) atoms. The van der Waals surface area contributed by atoms with Gasteiger partial charge in [0.1, 0.15) is 12.6 Å². The molecular formula is C23H26N2O6S. The second-order valence-electron chi connectivity index (χ2n) is 8.06. The summed E-state index contributed by atoms with van der Waals surface area (Å²) in [5.41, 5.74) is 2.39. The molecule has 1 unspecified atom stereocenters. The van der Waals surface area contributed by atoms with Gasteiger partial charge in [0.15, 0.2) is 0 Å². The van der Waals surface area contributed by atoms with E-state index < -0.39 is 33.8 Å². The van der Waals surface area contributed by atoms with Crippen LogP contribution in [0.25, 0.3) is 0 Å². The van der Waals surface area contributed by atoms with Crippen LogP contribution in [0, 0.1) is 19.8 Å². The molecular weight excluding hydrogens is 432 g/mol. The quantitative estimate of drug-likeness (QED) is 0.481. The van der Waals surface area contributed by atoms with Crippen molar-refractivity contribution in [3.63, 3.8) is 0 Å². The van der Waals surface area contributed by atoms with Crippen LogP contribution < -0.4 is 4.72 Å². The van der Waals surface area contributed by atoms with Crippen LogP contribution in [0.1, 0.15) is 45.7 Å². The molecule has 1 aliphatic rings. The molecule has 1 N–H and O–H groups in total. The first-order valence-electron chi connectivity index (χ1n) is 10.2. The molecule has 1 atom stereocenters. The van der Waals surface area contributed by atoms with Crippen molar-refractivity contribution in [1.82, 2.24) is 9.62 Å². The van der Waals surface area contributed by atoms with Gasteiger partial charge < -0.3 is 4.74 Å². The van der Waals surface area contributed by atoms with E-state index in [1.54, 1.807) is 50.2 Å². The van der Waals surface area contributed by atoms with Gasteiger partial charge in [-0.05, 0) is 55.2 Å². The minimum atomic E-state index is -3.95. The molecule has 1 heterocycles. The molecule has 0 fully saturated rings. The van der Waals surface area contributed by atoms with Crippen LogP contribution in [-0.2, 0) is 19.6 Å². The molecule has 2 aromatic carbocycles. The Morgan fingerprint density at radius 2 is 1.59 bits per heavy atom. The van der Waals surface area contributed by atoms with Gasteiger partial charge in [0, 0.05) is 0 Å². The van der Waals surface area contributed by atoms with Gasteiger partial charge in [-0.25, -0.2) is 8.42 Å². The van der Waals surface area contributed by atoms with Crippen LogP contribution in [0.5, 0.6) is 0 Å². The van der Waals surface area contributed by atoms with Crippen LogP contribution >= 0.6 is 0 Å². The molecule has 170 valence electrons. The number of carbonyl (C=O) groups is 3. The zero-order chi connectivity index (χ0) is 23.6. The number of nitrogens with zero attached hydrogens (tertiary/aromatic N) is 1. The number of rotatable bonds is 8. The minimum absolute atomic E-state index is 0.0603. The standard InChI is InChI=1S/C23H26N2O6S/c1-14(2)20(24-32(29,30)17-10-9-15(3)16(4)13-17)23(28)31-12-11-25-21(26)18-7-5-6-8-19(18)22(25)27/h5-10,13-14,20,24H,11-12H2,1-4H3. The average molecular weight is 459 g/mol. The molecule has 0 aliphatic carbocycles. The summed E-state index contributed by atoms with van der Waals surface area (Å²) in [6.07, 6.45) is 0. The highest BCUT2D eigenvalue weighted by molar-refractivity contribution is 7.89. The van der Waals surface area contributed by atoms with Crippen molar-refractivity contribution in [2.75, 3.05) is 13.2 Å². The van der Waals surface area contributed by atoms with Crippen molar-refractivity contribution < 1.29 is 27.5 Å². The van der Waals surface area contributed by atoms with Crippen molar-refractivity contribution in [1.29, 1.82) is 0 Å². The van der Waals surface area contributed by atoms with Gasteiger partial charge in [-0.15, -0.1) is 0 Å². The first kappa shape index (κ1) is 23.6. The average Bonchev–Trinajstić information content (AvgIpc) is 2.98. The lowest BCUT2D eigenvalue weighted by Gasteiger charge is -2.22. The first-order valence-corrected chi connectivity index (χ1v) is 11.7. The van der Waals surface area contributed by atoms with E-state index in [0.29, 0.717) is 11.1 Å². The fourth-order valence-electron chi connectivity index (χ4n) is 3.34. The number of hydrogen-bond acceptors (Lipinski definition) is 6. The smallest absolute Gasteiger partial charge is 0.324 e. The number of esters is 1. The summed E-state index contributed by atoms with van der Waals surface area (Å²) in [6, 6.07) is 10.1. The van der Waals surface area contributed by atoms with Crippen LogP contribution in [0.2, 0.25) is 0 Å². The highest BCUT2D eigenvalue weighted by atomic mass is 32.2. The van der Waals surface area contributed by atoms with Gasteiger partial charge in [0.25, 0.3) is 11.8 Å². The minimum Gasteiger partial charge on any atom is -0.463 e. The van der Waals surface area contributed by atoms with Gasteiger partial charge in [-0.2, -0.15) is 4.72 Å². The van der Waals surface area contributed by atoms with E-state index in [4.69, 9.17) is 4.74 Å². The summed E-state index contributed by atoms with van der Waals surface area (Å²) in [5, 5.41) is 0. The number of carbonyl (C=O) groups excluding carboxylic acids is 3. The predicted octanol–water partition coefficient (Wildman–Crippen LogP) is 2.45. The zero-order valence-electron chi connectivity index (χ0n) is 18.4. The molecule has 0 radical (unpaired) electrons. The fraction of sp³-hybridized carbons (Fsp3) is 0.348. The molecule has 3 rings (SSSR count). The summed E-state index contributed by atoms with van der Waals surface area (Å²) in [4.78, 5) is 38.5. The molecule has 8 nitrogen and oxygen atoms in total. The molecule has 1 aliphatic heterocycles. The van der Waals surface area contributed by atoms with Crippen LogP contribution in [0.15, 0.2) is 47.4 Å². The SMILES string of the molecule is Cc1ccc(S(=O)(=O)NC(C(=O)OCCN2C(=O)c3ccccc3C2=O)C(C)C)cc1C. The van der Waals surface area contributed by atoms with E-state index in [-0.39, 0.29) is 24.0 Å². The predicted molar refractivity (Wildman–Crippen MR) is 118 cm³/mol. The lowest BCUT2D eigenvalue weighted by molar-refractivity contribution is -0.147. The zero-order valence-corrected chi connectivity index (χ0v) is 19.2. The maximum Gasteiger partial charge on any atom is 0.324 e. The summed E-state index contributed by atoms with van der Waals surface area (Å²) < 4.78 is 33.2. The van der Waals surface area contributed by atoms with Crippen LogP contribution in [0.3, 0.4) is 0 Å². The Labute approximate surface area is 187 Å². The number of hydrogen-bond donors (Lipinski definition) is 1. The molecule has 0 spiro atoms. The number of amides is 2. The number of aryl methyl sites for hydroxylation is 2. The number of nitrogens with one attached hydrogen (secondary N) is 1. The van der Waals surface area contributed by atoms with Gasteiger partial charge >= 0.3 is 5.97 Å². The van der Waals surface area contributed by atoms with Crippen molar-refractivity contribution in [3.05, 3.63) is 64.7 Å². The second kappa shape index (κ2) is 9.22. The molecule has 0 aromatic heterocycles. The Bertz CT molecular complexity index is 1140. The van der Waals surface area contributed by atoms with E-state index in [0.717, 1.165) is 16.0 Å². The number of ether oxygens (including phenoxy) is 1. The van der Waals surface area contributed by atoms with Gasteiger partial charge in [-0.1, -0.05) is 32.0 Å². The van der Waals surface area contributed by atoms with E-state index in [9.17, 15) is 22.8 Å². The normalized spacial score (nSPS) is 14.6. The number of sulfonamides is 1. The van der Waals surface area contributed by atoms with Gasteiger partial charge in [0.2, 0.25) is 10.0 Å². The third-order valence-electron chi connectivity index (χ3n) is 5.43. The topological polar surface area (TPSA) is 110 Å². The van der Waals surface area contributed by atoms with Crippen LogP contribution in [0.4, 0.5) is 0 Å². The summed E-state index contributed by atoms with van der Waals surface area (Å²) >= 11 is 0. The number of fused-ring (bicyclic) bond motifs is 1. The summed E-state index contributed by atoms with van der Waals surface area (Å²) in [7, 11) is -3.95. The molecule has 9 heteroatoms. The van der Waals surface area contributed by atoms with Gasteiger partial charge in [-0.3, -0.25) is 19.3 Å². The van der Waals surface area contributed by atoms with Crippen molar-refractivity contribution in [2.45, 2.75) is 38.6 Å². The van der Waals surface area contributed by atoms with Gasteiger partial charge in [0.05, 0.1) is 22.6 Å². The second-order valence-corrected chi connectivity index (χ2v) is 9.78. The van der Waals surface area contributed by atoms with E-state index in [1.165, 1.54) is 6.07 Å². The highest BCUT2D eigenvalue weighted by Crippen LogP contribution is 2.22. The third kappa shape index (κ3) is 4.73. The molecule has 0 bridgehead atoms. The van der Waals surface area contributed by atoms with E-state index >= 15 is 0 Å². The van der Waals surface area contributed by atoms with Crippen molar-refractivity contribution in [2.24, 2.45) is 5.92 Å². The third-order valence-corrected chi connectivity index (χ3v) is 6.87. The Kier molecular flexibility index (Phi) is 6.80. The molecule has 2 amide bonds. The van der Waals surface area contributed by atoms with Crippen molar-refractivity contribution in [3.8, 4) is 0 Å². The molecule has 0 saturated carbocycles. The lowest BCUT2D eigenvalue weighted by Crippen LogP contribution is -2.46. The summed E-state index contributed by atoms with van der Waals surface area (Å²) in [5.74, 6) is -2.05. The van der Waals surface area contributed by atoms with Crippen molar-refractivity contribution >= 4 is 27.8 Å². The Hall–Kier alpha value is -3.04. The Morgan fingerprint density at radius 1 is 1.00 bits per heavy atom. The largest absolute Gasteiger partial charge is 0.463 e. The fourth-order valence-corrected chi connectivity index (χ4v) is 4.76. The number of benzene rings is 2. The number of imide groups is 1.